The molecule has 1 saturated heterocycles. The van der Waals surface area contributed by atoms with Gasteiger partial charge in [0.15, 0.2) is 0 Å². The monoisotopic (exact) mass is 314 g/mol. The van der Waals surface area contributed by atoms with Gasteiger partial charge in [-0.1, -0.05) is 12.1 Å². The Balaban J connectivity index is 1.43. The average Bonchev–Trinajstić information content (AvgIpc) is 3.50. The Bertz CT molecular complexity index is 574. The molecule has 0 radical (unpaired) electrons. The molecule has 2 saturated carbocycles. The van der Waals surface area contributed by atoms with Gasteiger partial charge in [0.25, 0.3) is 0 Å². The number of ether oxygens (including phenoxy) is 1. The van der Waals surface area contributed by atoms with Crippen LogP contribution in [0.3, 0.4) is 0 Å². The number of methoxy groups -OCH3 is 1. The first kappa shape index (κ1) is 15.0. The van der Waals surface area contributed by atoms with Gasteiger partial charge in [-0.2, -0.15) is 0 Å². The topological polar surface area (TPSA) is 50.4 Å². The summed E-state index contributed by atoms with van der Waals surface area (Å²) in [5.41, 5.74) is 1.52. The van der Waals surface area contributed by atoms with Crippen molar-refractivity contribution in [1.82, 2.24) is 10.6 Å². The Labute approximate surface area is 138 Å². The molecular formula is C19H26N2O2. The molecule has 0 aromatic heterocycles. The second-order valence-corrected chi connectivity index (χ2v) is 7.47. The van der Waals surface area contributed by atoms with Crippen molar-refractivity contribution < 1.29 is 9.53 Å². The molecule has 1 spiro atoms. The predicted molar refractivity (Wildman–Crippen MR) is 89.2 cm³/mol. The summed E-state index contributed by atoms with van der Waals surface area (Å²) in [7, 11) is 1.68. The molecule has 2 unspecified atom stereocenters. The molecule has 2 aliphatic carbocycles. The van der Waals surface area contributed by atoms with Crippen molar-refractivity contribution in [3.8, 4) is 5.75 Å². The molecule has 3 fully saturated rings. The molecule has 4 nitrogen and oxygen atoms in total. The molecule has 3 aliphatic rings. The smallest absolute Gasteiger partial charge is 0.224 e. The van der Waals surface area contributed by atoms with E-state index in [1.807, 2.05) is 12.1 Å². The Kier molecular flexibility index (Phi) is 3.80. The Morgan fingerprint density at radius 2 is 1.96 bits per heavy atom. The fourth-order valence-electron chi connectivity index (χ4n) is 4.16. The van der Waals surface area contributed by atoms with Crippen molar-refractivity contribution >= 4 is 5.91 Å². The van der Waals surface area contributed by atoms with E-state index >= 15 is 0 Å². The number of rotatable bonds is 5. The van der Waals surface area contributed by atoms with Crippen LogP contribution in [0.25, 0.3) is 0 Å². The van der Waals surface area contributed by atoms with E-state index in [1.165, 1.54) is 18.4 Å². The third-order valence-corrected chi connectivity index (χ3v) is 5.97. The molecular weight excluding hydrogens is 288 g/mol. The Hall–Kier alpha value is -1.55. The predicted octanol–water partition coefficient (Wildman–Crippen LogP) is 2.65. The van der Waals surface area contributed by atoms with Crippen LogP contribution in [0.1, 0.15) is 43.7 Å². The highest BCUT2D eigenvalue weighted by molar-refractivity contribution is 5.83. The zero-order valence-corrected chi connectivity index (χ0v) is 13.8. The van der Waals surface area contributed by atoms with Gasteiger partial charge >= 0.3 is 0 Å². The summed E-state index contributed by atoms with van der Waals surface area (Å²) in [6.07, 6.45) is 5.83. The van der Waals surface area contributed by atoms with Crippen molar-refractivity contribution in [1.29, 1.82) is 0 Å². The minimum atomic E-state index is 0.174. The zero-order chi connectivity index (χ0) is 15.9. The second kappa shape index (κ2) is 5.82. The molecule has 124 valence electrons. The number of carbonyl (C=O) groups is 1. The number of nitrogens with one attached hydrogen (secondary N) is 2. The fraction of sp³-hybridized carbons (Fsp3) is 0.632. The maximum absolute atomic E-state index is 12.8. The van der Waals surface area contributed by atoms with E-state index in [1.54, 1.807) is 7.11 Å². The fourth-order valence-corrected chi connectivity index (χ4v) is 4.16. The minimum Gasteiger partial charge on any atom is -0.497 e. The molecule has 0 bridgehead atoms. The van der Waals surface area contributed by atoms with Gasteiger partial charge in [-0.15, -0.1) is 0 Å². The van der Waals surface area contributed by atoms with Crippen molar-refractivity contribution in [2.24, 2.45) is 17.3 Å². The summed E-state index contributed by atoms with van der Waals surface area (Å²) in [6.45, 7) is 2.13. The summed E-state index contributed by atoms with van der Waals surface area (Å²) < 4.78 is 5.24. The van der Waals surface area contributed by atoms with E-state index in [9.17, 15) is 4.79 Å². The number of benzene rings is 1. The van der Waals surface area contributed by atoms with Gasteiger partial charge in [0.1, 0.15) is 5.75 Å². The lowest BCUT2D eigenvalue weighted by Crippen LogP contribution is -2.35. The number of amides is 1. The number of carbonyl (C=O) groups excluding carboxylic acids is 1. The average molecular weight is 314 g/mol. The first-order valence-corrected chi connectivity index (χ1v) is 8.87. The van der Waals surface area contributed by atoms with Gasteiger partial charge in [-0.05, 0) is 74.2 Å². The summed E-state index contributed by atoms with van der Waals surface area (Å²) in [6, 6.07) is 8.34. The molecule has 1 aliphatic heterocycles. The highest BCUT2D eigenvalue weighted by Gasteiger charge is 2.58. The van der Waals surface area contributed by atoms with E-state index in [2.05, 4.69) is 22.8 Å². The highest BCUT2D eigenvalue weighted by atomic mass is 16.5. The standard InChI is InChI=1S/C19H26N2O2/c1-23-15-6-4-14(5-7-15)17(13-2-3-13)21-18(22)16-12-19(16)8-10-20-11-9-19/h4-7,13,16-17,20H,2-3,8-12H2,1H3,(H,21,22). The van der Waals surface area contributed by atoms with Crippen molar-refractivity contribution in [3.05, 3.63) is 29.8 Å². The van der Waals surface area contributed by atoms with Crippen molar-refractivity contribution in [3.63, 3.8) is 0 Å². The van der Waals surface area contributed by atoms with E-state index < -0.39 is 0 Å². The van der Waals surface area contributed by atoms with Gasteiger partial charge in [-0.25, -0.2) is 0 Å². The maximum atomic E-state index is 12.8. The second-order valence-electron chi connectivity index (χ2n) is 7.47. The van der Waals surface area contributed by atoms with Crippen LogP contribution in [0.15, 0.2) is 24.3 Å². The van der Waals surface area contributed by atoms with Crippen LogP contribution in [0, 0.1) is 17.3 Å². The van der Waals surface area contributed by atoms with Crippen molar-refractivity contribution in [2.45, 2.75) is 38.1 Å². The third kappa shape index (κ3) is 2.97. The molecule has 1 amide bonds. The molecule has 2 atom stereocenters. The van der Waals surface area contributed by atoms with Crippen LogP contribution >= 0.6 is 0 Å². The third-order valence-electron chi connectivity index (χ3n) is 5.97. The minimum absolute atomic E-state index is 0.174. The van der Waals surface area contributed by atoms with Crippen LogP contribution in [0.4, 0.5) is 0 Å². The Morgan fingerprint density at radius 3 is 2.57 bits per heavy atom. The molecule has 1 aromatic carbocycles. The number of hydrogen-bond acceptors (Lipinski definition) is 3. The van der Waals surface area contributed by atoms with E-state index in [-0.39, 0.29) is 17.9 Å². The summed E-state index contributed by atoms with van der Waals surface area (Å²) in [4.78, 5) is 12.8. The molecule has 4 heteroatoms. The highest BCUT2D eigenvalue weighted by Crippen LogP contribution is 2.59. The summed E-state index contributed by atoms with van der Waals surface area (Å²) >= 11 is 0. The van der Waals surface area contributed by atoms with Crippen LogP contribution < -0.4 is 15.4 Å². The largest absolute Gasteiger partial charge is 0.497 e. The lowest BCUT2D eigenvalue weighted by Gasteiger charge is -2.24. The first-order valence-electron chi connectivity index (χ1n) is 8.87. The molecule has 1 heterocycles. The molecule has 23 heavy (non-hydrogen) atoms. The molecule has 1 aromatic rings. The molecule has 2 N–H and O–H groups in total. The Morgan fingerprint density at radius 1 is 1.26 bits per heavy atom. The van der Waals surface area contributed by atoms with Gasteiger partial charge in [0.05, 0.1) is 13.2 Å². The normalized spacial score (nSPS) is 26.6. The van der Waals surface area contributed by atoms with Gasteiger partial charge in [-0.3, -0.25) is 4.79 Å². The quantitative estimate of drug-likeness (QED) is 0.878. The van der Waals surface area contributed by atoms with Crippen molar-refractivity contribution in [2.75, 3.05) is 20.2 Å². The molecule has 4 rings (SSSR count). The first-order chi connectivity index (χ1) is 11.2. The van der Waals surface area contributed by atoms with Gasteiger partial charge in [0, 0.05) is 5.92 Å². The van der Waals surface area contributed by atoms with Crippen LogP contribution in [0.2, 0.25) is 0 Å². The van der Waals surface area contributed by atoms with Crippen LogP contribution in [-0.2, 0) is 4.79 Å². The summed E-state index contributed by atoms with van der Waals surface area (Å²) in [5, 5.41) is 6.77. The van der Waals surface area contributed by atoms with Gasteiger partial charge in [0.2, 0.25) is 5.91 Å². The number of piperidine rings is 1. The number of hydrogen-bond donors (Lipinski definition) is 2. The zero-order valence-electron chi connectivity index (χ0n) is 13.8. The lowest BCUT2D eigenvalue weighted by atomic mass is 9.91. The van der Waals surface area contributed by atoms with E-state index in [4.69, 9.17) is 4.74 Å². The van der Waals surface area contributed by atoms with Crippen LogP contribution in [-0.4, -0.2) is 26.1 Å². The van der Waals surface area contributed by atoms with Crippen LogP contribution in [0.5, 0.6) is 5.75 Å². The lowest BCUT2D eigenvalue weighted by molar-refractivity contribution is -0.124. The summed E-state index contributed by atoms with van der Waals surface area (Å²) in [5.74, 6) is 1.99. The van der Waals surface area contributed by atoms with E-state index in [0.717, 1.165) is 38.1 Å². The van der Waals surface area contributed by atoms with Gasteiger partial charge < -0.3 is 15.4 Å². The van der Waals surface area contributed by atoms with E-state index in [0.29, 0.717) is 11.3 Å². The maximum Gasteiger partial charge on any atom is 0.224 e. The SMILES string of the molecule is COc1ccc(C(NC(=O)C2CC23CCNCC3)C2CC2)cc1.